The topological polar surface area (TPSA) is 39.9 Å². The summed E-state index contributed by atoms with van der Waals surface area (Å²) in [7, 11) is 0. The largest absolute Gasteiger partial charge is 0.456 e. The molecule has 0 bridgehead atoms. The van der Waals surface area contributed by atoms with Crippen molar-refractivity contribution in [2.45, 2.75) is 24.7 Å². The maximum absolute atomic E-state index is 7.33. The number of fused-ring (bicyclic) bond motifs is 15. The van der Waals surface area contributed by atoms with Crippen molar-refractivity contribution >= 4 is 10.9 Å². The summed E-state index contributed by atoms with van der Waals surface area (Å²) in [5.74, 6) is 2.79. The zero-order valence-electron chi connectivity index (χ0n) is 34.1. The van der Waals surface area contributed by atoms with Crippen LogP contribution in [-0.2, 0) is 11.8 Å². The van der Waals surface area contributed by atoms with Crippen LogP contribution in [0.5, 0.6) is 11.5 Å². The molecule has 0 saturated carbocycles. The van der Waals surface area contributed by atoms with E-state index < -0.39 is 5.41 Å². The monoisotopic (exact) mass is 793 g/mol. The van der Waals surface area contributed by atoms with Crippen molar-refractivity contribution in [3.8, 4) is 73.5 Å². The molecule has 1 spiro atoms. The van der Waals surface area contributed by atoms with Crippen LogP contribution in [0.25, 0.3) is 72.9 Å². The first-order chi connectivity index (χ1) is 30.7. The molecule has 8 aromatic carbocycles. The molecule has 1 aliphatic heterocycles. The van der Waals surface area contributed by atoms with Gasteiger partial charge >= 0.3 is 0 Å². The van der Waals surface area contributed by atoms with Gasteiger partial charge in [-0.25, -0.2) is 9.97 Å². The van der Waals surface area contributed by atoms with Crippen molar-refractivity contribution in [2.24, 2.45) is 0 Å². The Bertz CT molecular complexity index is 3330. The second-order valence-corrected chi connectivity index (χ2v) is 16.9. The van der Waals surface area contributed by atoms with Crippen molar-refractivity contribution in [1.29, 1.82) is 0 Å². The number of ether oxygens (including phenoxy) is 1. The summed E-state index contributed by atoms with van der Waals surface area (Å²) in [6.07, 6.45) is 0.949. The third-order valence-corrected chi connectivity index (χ3v) is 13.5. The first-order valence-corrected chi connectivity index (χ1v) is 21.5. The van der Waals surface area contributed by atoms with Gasteiger partial charge in [-0.2, -0.15) is 0 Å². The summed E-state index contributed by atoms with van der Waals surface area (Å²) in [5, 5.41) is 1.18. The summed E-state index contributed by atoms with van der Waals surface area (Å²) in [6.45, 7) is 2.39. The Morgan fingerprint density at radius 1 is 0.516 bits per heavy atom. The molecule has 10 aromatic rings. The number of hydrogen-bond donors (Lipinski definition) is 0. The van der Waals surface area contributed by atoms with Crippen LogP contribution in [0.1, 0.15) is 46.2 Å². The van der Waals surface area contributed by atoms with Gasteiger partial charge in [-0.3, -0.25) is 0 Å². The van der Waals surface area contributed by atoms with Crippen molar-refractivity contribution in [1.82, 2.24) is 14.5 Å². The lowest BCUT2D eigenvalue weighted by Crippen LogP contribution is -2.32. The third-order valence-electron chi connectivity index (χ3n) is 13.5. The highest BCUT2D eigenvalue weighted by Crippen LogP contribution is 2.64. The lowest BCUT2D eigenvalue weighted by atomic mass is 9.65. The molecule has 13 rings (SSSR count). The van der Waals surface area contributed by atoms with Gasteiger partial charge in [-0.15, -0.1) is 0 Å². The normalized spacial score (nSPS) is 14.9. The lowest BCUT2D eigenvalue weighted by molar-refractivity contribution is 0.441. The maximum Gasteiger partial charge on any atom is 0.160 e. The molecule has 1 atom stereocenters. The lowest BCUT2D eigenvalue weighted by Gasteiger charge is -2.39. The van der Waals surface area contributed by atoms with E-state index in [1.165, 1.54) is 61.2 Å². The summed E-state index contributed by atoms with van der Waals surface area (Å²) < 4.78 is 9.83. The minimum atomic E-state index is -0.545. The SMILES string of the molecule is CC1Cc2ccccc2-c2c1c1c3c(ccc1n2-c1cccc(-c2cc(-c4ccccc4)nc(-c4ccccc4)n2)c1)C1(c2ccccc2O3)c2ccccc2-c2ccccc21. The molecule has 3 heterocycles. The van der Waals surface area contributed by atoms with E-state index in [1.807, 2.05) is 24.3 Å². The Morgan fingerprint density at radius 2 is 1.11 bits per heavy atom. The van der Waals surface area contributed by atoms with Crippen LogP contribution in [-0.4, -0.2) is 14.5 Å². The molecule has 0 radical (unpaired) electrons. The van der Waals surface area contributed by atoms with E-state index in [2.05, 4.69) is 187 Å². The Hall–Kier alpha value is -7.82. The van der Waals surface area contributed by atoms with Gasteiger partial charge in [0.2, 0.25) is 0 Å². The van der Waals surface area contributed by atoms with Crippen LogP contribution >= 0.6 is 0 Å². The van der Waals surface area contributed by atoms with Gasteiger partial charge in [0.25, 0.3) is 0 Å². The molecule has 2 aliphatic carbocycles. The molecule has 0 fully saturated rings. The van der Waals surface area contributed by atoms with E-state index >= 15 is 0 Å². The van der Waals surface area contributed by atoms with Crippen LogP contribution in [0.2, 0.25) is 0 Å². The fourth-order valence-electron chi connectivity index (χ4n) is 11.0. The number of rotatable bonds is 4. The maximum atomic E-state index is 7.33. The molecule has 2 aromatic heterocycles. The fraction of sp³-hybridized carbons (Fsp3) is 0.0690. The van der Waals surface area contributed by atoms with Gasteiger partial charge in [-0.1, -0.05) is 177 Å². The van der Waals surface area contributed by atoms with Gasteiger partial charge in [0.05, 0.1) is 28.0 Å². The molecule has 4 heteroatoms. The van der Waals surface area contributed by atoms with Gasteiger partial charge in [0, 0.05) is 44.5 Å². The Balaban J connectivity index is 1.09. The van der Waals surface area contributed by atoms with Gasteiger partial charge in [-0.05, 0) is 76.1 Å². The summed E-state index contributed by atoms with van der Waals surface area (Å²) >= 11 is 0. The molecule has 62 heavy (non-hydrogen) atoms. The highest BCUT2D eigenvalue weighted by Gasteiger charge is 2.52. The van der Waals surface area contributed by atoms with Crippen LogP contribution in [0.15, 0.2) is 200 Å². The summed E-state index contributed by atoms with van der Waals surface area (Å²) in [4.78, 5) is 10.3. The van der Waals surface area contributed by atoms with E-state index in [-0.39, 0.29) is 5.92 Å². The number of nitrogens with zero attached hydrogens (tertiary/aromatic N) is 3. The minimum absolute atomic E-state index is 0.238. The molecule has 3 aliphatic rings. The standard InChI is InChI=1S/C58H39N3O/c1-36-33-39-21-8-9-24-42(39)55-53(36)54-51(32-31-48-56(54)62-52-30-15-14-29-47(52)58(48)45-27-12-10-25-43(45)44-26-11-13-28-46(44)58)61(55)41-23-16-22-40(34-41)50-35-49(37-17-4-2-5-18-37)59-57(60-50)38-19-6-3-7-20-38/h2-32,34-36H,33H2,1H3. The highest BCUT2D eigenvalue weighted by molar-refractivity contribution is 6.03. The Labute approximate surface area is 360 Å². The molecule has 1 unspecified atom stereocenters. The highest BCUT2D eigenvalue weighted by atomic mass is 16.5. The van der Waals surface area contributed by atoms with Gasteiger partial charge in [0.1, 0.15) is 11.5 Å². The fourth-order valence-corrected chi connectivity index (χ4v) is 11.0. The van der Waals surface area contributed by atoms with Gasteiger partial charge < -0.3 is 9.30 Å². The summed E-state index contributed by atoms with van der Waals surface area (Å²) in [5.41, 5.74) is 19.2. The van der Waals surface area contributed by atoms with Crippen LogP contribution in [0.3, 0.4) is 0 Å². The predicted molar refractivity (Wildman–Crippen MR) is 250 cm³/mol. The first-order valence-electron chi connectivity index (χ1n) is 21.5. The molecular formula is C58H39N3O. The molecule has 0 N–H and O–H groups in total. The van der Waals surface area contributed by atoms with Crippen molar-refractivity contribution in [3.63, 3.8) is 0 Å². The molecular weight excluding hydrogens is 755 g/mol. The predicted octanol–water partition coefficient (Wildman–Crippen LogP) is 14.2. The molecule has 0 saturated heterocycles. The average molecular weight is 794 g/mol. The minimum Gasteiger partial charge on any atom is -0.456 e. The average Bonchev–Trinajstić information content (AvgIpc) is 3.85. The molecule has 0 amide bonds. The summed E-state index contributed by atoms with van der Waals surface area (Å²) in [6, 6.07) is 72.0. The Kier molecular flexibility index (Phi) is 7.53. The second-order valence-electron chi connectivity index (χ2n) is 16.9. The van der Waals surface area contributed by atoms with E-state index in [0.717, 1.165) is 57.2 Å². The smallest absolute Gasteiger partial charge is 0.160 e. The zero-order valence-corrected chi connectivity index (χ0v) is 34.1. The quantitative estimate of drug-likeness (QED) is 0.178. The molecule has 292 valence electrons. The van der Waals surface area contributed by atoms with E-state index in [1.54, 1.807) is 0 Å². The van der Waals surface area contributed by atoms with E-state index in [9.17, 15) is 0 Å². The zero-order chi connectivity index (χ0) is 40.9. The number of hydrogen-bond acceptors (Lipinski definition) is 3. The Morgan fingerprint density at radius 3 is 1.85 bits per heavy atom. The van der Waals surface area contributed by atoms with Crippen LogP contribution < -0.4 is 4.74 Å². The third kappa shape index (κ3) is 4.89. The van der Waals surface area contributed by atoms with Crippen molar-refractivity contribution in [2.75, 3.05) is 0 Å². The number of para-hydroxylation sites is 1. The van der Waals surface area contributed by atoms with Crippen LogP contribution in [0.4, 0.5) is 0 Å². The van der Waals surface area contributed by atoms with Crippen molar-refractivity contribution < 1.29 is 4.74 Å². The second kappa shape index (κ2) is 13.3. The van der Waals surface area contributed by atoms with Crippen LogP contribution in [0, 0.1) is 0 Å². The van der Waals surface area contributed by atoms with E-state index in [4.69, 9.17) is 14.7 Å². The number of benzene rings is 8. The number of aromatic nitrogens is 3. The van der Waals surface area contributed by atoms with Crippen molar-refractivity contribution in [3.05, 3.63) is 234 Å². The van der Waals surface area contributed by atoms with Gasteiger partial charge in [0.15, 0.2) is 5.82 Å². The molecule has 4 nitrogen and oxygen atoms in total. The first kappa shape index (κ1) is 35.0. The van der Waals surface area contributed by atoms with E-state index in [0.29, 0.717) is 5.82 Å².